The van der Waals surface area contributed by atoms with Gasteiger partial charge < -0.3 is 9.73 Å². The predicted molar refractivity (Wildman–Crippen MR) is 117 cm³/mol. The highest BCUT2D eigenvalue weighted by atomic mass is 35.5. The summed E-state index contributed by atoms with van der Waals surface area (Å²) < 4.78 is 43.7. The zero-order chi connectivity index (χ0) is 24.3. The van der Waals surface area contributed by atoms with Crippen molar-refractivity contribution in [1.29, 1.82) is 0 Å². The molecule has 0 fully saturated rings. The fraction of sp³-hybridized carbons (Fsp3) is 0.100. The summed E-state index contributed by atoms with van der Waals surface area (Å²) in [5.41, 5.74) is 0.257. The molecule has 0 aliphatic heterocycles. The van der Waals surface area contributed by atoms with Crippen LogP contribution in [0.15, 0.2) is 46.0 Å². The Kier molecular flexibility index (Phi) is 7.31. The molecule has 0 saturated carbocycles. The Morgan fingerprint density at radius 2 is 1.82 bits per heavy atom. The number of alkyl halides is 3. The van der Waals surface area contributed by atoms with E-state index in [-0.39, 0.29) is 21.3 Å². The van der Waals surface area contributed by atoms with Gasteiger partial charge in [-0.2, -0.15) is 18.3 Å². The van der Waals surface area contributed by atoms with E-state index in [0.717, 1.165) is 0 Å². The first-order valence-corrected chi connectivity index (χ1v) is 10.0. The minimum Gasteiger partial charge on any atom is -0.460 e. The Bertz CT molecular complexity index is 1260. The van der Waals surface area contributed by atoms with Gasteiger partial charge in [0.05, 0.1) is 33.1 Å². The molecule has 0 aliphatic carbocycles. The maximum Gasteiger partial charge on any atom is 0.417 e. The van der Waals surface area contributed by atoms with Crippen LogP contribution in [0.25, 0.3) is 0 Å². The van der Waals surface area contributed by atoms with Crippen molar-refractivity contribution in [3.8, 4) is 0 Å². The van der Waals surface area contributed by atoms with Gasteiger partial charge in [0.25, 0.3) is 11.8 Å². The molecule has 1 aromatic carbocycles. The number of pyridine rings is 1. The molecule has 33 heavy (non-hydrogen) atoms. The number of carbonyl (C=O) groups is 2. The maximum absolute atomic E-state index is 12.8. The van der Waals surface area contributed by atoms with Crippen LogP contribution >= 0.6 is 34.8 Å². The molecule has 7 nitrogen and oxygen atoms in total. The van der Waals surface area contributed by atoms with E-state index in [2.05, 4.69) is 20.8 Å². The minimum atomic E-state index is -4.69. The van der Waals surface area contributed by atoms with Gasteiger partial charge >= 0.3 is 6.18 Å². The van der Waals surface area contributed by atoms with E-state index in [4.69, 9.17) is 39.2 Å². The molecule has 13 heteroatoms. The van der Waals surface area contributed by atoms with Crippen LogP contribution in [0.4, 0.5) is 18.9 Å². The van der Waals surface area contributed by atoms with Gasteiger partial charge in [-0.1, -0.05) is 34.8 Å². The van der Waals surface area contributed by atoms with Crippen LogP contribution in [0.3, 0.4) is 0 Å². The quantitative estimate of drug-likeness (QED) is 0.320. The molecule has 2 heterocycles. The number of halogens is 6. The lowest BCUT2D eigenvalue weighted by Crippen LogP contribution is -2.22. The average Bonchev–Trinajstić information content (AvgIpc) is 3.13. The lowest BCUT2D eigenvalue weighted by molar-refractivity contribution is -0.137. The Balaban J connectivity index is 1.85. The van der Waals surface area contributed by atoms with Gasteiger partial charge in [0.2, 0.25) is 0 Å². The number of hydrogen-bond acceptors (Lipinski definition) is 5. The standard InChI is InChI=1S/C20H12Cl3F3N4O3/c1-9-2-3-12(33-9)8-28-30-18(31)13-5-11(21)6-15(23)16(13)29-19(32)17-14(22)4-10(7-27-17)20(24,25)26/h2-8H,1H3,(H,29,32)(H,30,31). The summed E-state index contributed by atoms with van der Waals surface area (Å²) in [4.78, 5) is 28.7. The Hall–Kier alpha value is -3.08. The number of benzene rings is 1. The highest BCUT2D eigenvalue weighted by Crippen LogP contribution is 2.33. The van der Waals surface area contributed by atoms with Crippen LogP contribution in [0.5, 0.6) is 0 Å². The van der Waals surface area contributed by atoms with E-state index in [9.17, 15) is 22.8 Å². The number of aromatic nitrogens is 1. The first-order chi connectivity index (χ1) is 15.5. The number of carbonyl (C=O) groups excluding carboxylic acids is 2. The number of hydrazone groups is 1. The molecular formula is C20H12Cl3F3N4O3. The van der Waals surface area contributed by atoms with E-state index in [1.807, 2.05) is 0 Å². The lowest BCUT2D eigenvalue weighted by Gasteiger charge is -2.13. The van der Waals surface area contributed by atoms with Gasteiger partial charge in [0, 0.05) is 11.2 Å². The van der Waals surface area contributed by atoms with Gasteiger partial charge in [-0.25, -0.2) is 10.4 Å². The summed E-state index contributed by atoms with van der Waals surface area (Å²) in [5.74, 6) is -0.763. The second-order valence-corrected chi connectivity index (χ2v) is 7.71. The van der Waals surface area contributed by atoms with Gasteiger partial charge in [-0.05, 0) is 37.3 Å². The number of rotatable bonds is 5. The fourth-order valence-corrected chi connectivity index (χ4v) is 3.34. The Morgan fingerprint density at radius 3 is 2.42 bits per heavy atom. The monoisotopic (exact) mass is 518 g/mol. The molecule has 0 saturated heterocycles. The van der Waals surface area contributed by atoms with Crippen LogP contribution in [0, 0.1) is 6.92 Å². The van der Waals surface area contributed by atoms with Crippen molar-refractivity contribution in [1.82, 2.24) is 10.4 Å². The number of hydrogen-bond donors (Lipinski definition) is 2. The summed E-state index contributed by atoms with van der Waals surface area (Å²) in [6.07, 6.45) is -2.98. The van der Waals surface area contributed by atoms with E-state index in [1.54, 1.807) is 19.1 Å². The van der Waals surface area contributed by atoms with Crippen molar-refractivity contribution in [3.63, 3.8) is 0 Å². The molecule has 172 valence electrons. The third-order valence-corrected chi connectivity index (χ3v) is 4.85. The lowest BCUT2D eigenvalue weighted by atomic mass is 10.1. The number of anilines is 1. The number of aryl methyl sites for hydroxylation is 1. The van der Waals surface area contributed by atoms with Crippen molar-refractivity contribution < 1.29 is 27.2 Å². The number of nitrogens with one attached hydrogen (secondary N) is 2. The average molecular weight is 520 g/mol. The molecule has 0 aliphatic rings. The summed E-state index contributed by atoms with van der Waals surface area (Å²) in [7, 11) is 0. The van der Waals surface area contributed by atoms with Crippen molar-refractivity contribution >= 4 is 58.5 Å². The molecule has 2 amide bonds. The number of amides is 2. The SMILES string of the molecule is Cc1ccc(C=NNC(=O)c2cc(Cl)cc(Cl)c2NC(=O)c2ncc(C(F)(F)F)cc2Cl)o1. The minimum absolute atomic E-state index is 0.0828. The molecule has 0 unspecified atom stereocenters. The molecule has 3 aromatic rings. The molecule has 0 bridgehead atoms. The second kappa shape index (κ2) is 9.82. The van der Waals surface area contributed by atoms with Gasteiger partial charge in [0.15, 0.2) is 0 Å². The fourth-order valence-electron chi connectivity index (χ4n) is 2.55. The molecule has 3 rings (SSSR count). The topological polar surface area (TPSA) is 96.6 Å². The summed E-state index contributed by atoms with van der Waals surface area (Å²) >= 11 is 17.9. The van der Waals surface area contributed by atoms with E-state index >= 15 is 0 Å². The largest absolute Gasteiger partial charge is 0.460 e. The molecule has 0 radical (unpaired) electrons. The third-order valence-electron chi connectivity index (χ3n) is 4.04. The maximum atomic E-state index is 12.8. The molecule has 0 atom stereocenters. The number of nitrogens with zero attached hydrogens (tertiary/aromatic N) is 2. The van der Waals surface area contributed by atoms with Crippen molar-refractivity contribution in [2.75, 3.05) is 5.32 Å². The van der Waals surface area contributed by atoms with E-state index in [1.165, 1.54) is 18.3 Å². The van der Waals surface area contributed by atoms with Crippen LogP contribution in [0.1, 0.15) is 37.9 Å². The van der Waals surface area contributed by atoms with E-state index < -0.39 is 34.3 Å². The zero-order valence-corrected chi connectivity index (χ0v) is 18.7. The highest BCUT2D eigenvalue weighted by Gasteiger charge is 2.32. The molecule has 2 aromatic heterocycles. The summed E-state index contributed by atoms with van der Waals surface area (Å²) in [6.45, 7) is 1.73. The van der Waals surface area contributed by atoms with Crippen molar-refractivity contribution in [3.05, 3.63) is 79.9 Å². The summed E-state index contributed by atoms with van der Waals surface area (Å²) in [5, 5.41) is 5.51. The highest BCUT2D eigenvalue weighted by molar-refractivity contribution is 6.38. The Morgan fingerprint density at radius 1 is 1.09 bits per heavy atom. The summed E-state index contributed by atoms with van der Waals surface area (Å²) in [6, 6.07) is 6.37. The zero-order valence-electron chi connectivity index (χ0n) is 16.4. The Labute approximate surface area is 199 Å². The molecule has 2 N–H and O–H groups in total. The van der Waals surface area contributed by atoms with Gasteiger partial charge in [-0.15, -0.1) is 0 Å². The van der Waals surface area contributed by atoms with Gasteiger partial charge in [0.1, 0.15) is 17.2 Å². The normalized spacial score (nSPS) is 11.6. The van der Waals surface area contributed by atoms with Crippen molar-refractivity contribution in [2.45, 2.75) is 13.1 Å². The molecule has 0 spiro atoms. The van der Waals surface area contributed by atoms with Crippen molar-refractivity contribution in [2.24, 2.45) is 5.10 Å². The predicted octanol–water partition coefficient (Wildman–Crippen LogP) is 5.98. The number of furan rings is 1. The van der Waals surface area contributed by atoms with E-state index in [0.29, 0.717) is 23.8 Å². The first kappa shape index (κ1) is 24.6. The van der Waals surface area contributed by atoms with Crippen LogP contribution in [-0.2, 0) is 6.18 Å². The second-order valence-electron chi connectivity index (χ2n) is 6.46. The van der Waals surface area contributed by atoms with Crippen LogP contribution < -0.4 is 10.7 Å². The molecular weight excluding hydrogens is 508 g/mol. The van der Waals surface area contributed by atoms with Crippen LogP contribution in [-0.4, -0.2) is 23.0 Å². The third kappa shape index (κ3) is 6.04. The van der Waals surface area contributed by atoms with Gasteiger partial charge in [-0.3, -0.25) is 9.59 Å². The first-order valence-electron chi connectivity index (χ1n) is 8.88. The smallest absolute Gasteiger partial charge is 0.417 e. The van der Waals surface area contributed by atoms with Crippen LogP contribution in [0.2, 0.25) is 15.1 Å².